The van der Waals surface area contributed by atoms with Crippen molar-refractivity contribution < 1.29 is 5.11 Å². The van der Waals surface area contributed by atoms with Gasteiger partial charge in [0.25, 0.3) is 0 Å². The van der Waals surface area contributed by atoms with Gasteiger partial charge < -0.3 is 5.11 Å². The molecule has 2 aliphatic rings. The molecule has 0 aromatic heterocycles. The summed E-state index contributed by atoms with van der Waals surface area (Å²) in [7, 11) is 0. The van der Waals surface area contributed by atoms with Crippen LogP contribution in [0.1, 0.15) is 72.6 Å². The lowest BCUT2D eigenvalue weighted by Crippen LogP contribution is -2.07. The first kappa shape index (κ1) is 15.0. The molecule has 2 atom stereocenters. The molecular formula is C14H30O. The van der Waals surface area contributed by atoms with Gasteiger partial charge in [0.15, 0.2) is 0 Å². The SMILES string of the molecule is CC.CC1CCCC1.C[C@H]1CCCC1O. The van der Waals surface area contributed by atoms with Crippen molar-refractivity contribution in [2.75, 3.05) is 0 Å². The number of aliphatic hydroxyl groups is 1. The fourth-order valence-electron chi connectivity index (χ4n) is 2.26. The summed E-state index contributed by atoms with van der Waals surface area (Å²) in [4.78, 5) is 0. The van der Waals surface area contributed by atoms with E-state index in [9.17, 15) is 0 Å². The zero-order chi connectivity index (χ0) is 11.7. The molecule has 0 saturated heterocycles. The first-order valence-electron chi connectivity index (χ1n) is 6.88. The summed E-state index contributed by atoms with van der Waals surface area (Å²) >= 11 is 0. The van der Waals surface area contributed by atoms with E-state index in [0.717, 1.165) is 12.3 Å². The van der Waals surface area contributed by atoms with Gasteiger partial charge in [0.2, 0.25) is 0 Å². The Morgan fingerprint density at radius 3 is 1.47 bits per heavy atom. The van der Waals surface area contributed by atoms with Crippen molar-refractivity contribution >= 4 is 0 Å². The van der Waals surface area contributed by atoms with Crippen LogP contribution in [0.5, 0.6) is 0 Å². The molecule has 1 nitrogen and oxygen atoms in total. The summed E-state index contributed by atoms with van der Waals surface area (Å²) in [6.07, 6.45) is 9.44. The minimum absolute atomic E-state index is 0.0139. The average molecular weight is 214 g/mol. The second-order valence-corrected chi connectivity index (χ2v) is 4.87. The first-order chi connectivity index (χ1) is 7.20. The van der Waals surface area contributed by atoms with Crippen LogP contribution in [0.3, 0.4) is 0 Å². The third kappa shape index (κ3) is 6.94. The minimum atomic E-state index is 0.0139. The molecule has 1 heteroatoms. The predicted molar refractivity (Wildman–Crippen MR) is 68.0 cm³/mol. The molecule has 1 N–H and O–H groups in total. The average Bonchev–Trinajstić information content (AvgIpc) is 2.84. The van der Waals surface area contributed by atoms with Crippen molar-refractivity contribution in [1.82, 2.24) is 0 Å². The van der Waals surface area contributed by atoms with Gasteiger partial charge in [-0.15, -0.1) is 0 Å². The fraction of sp³-hybridized carbons (Fsp3) is 1.00. The second kappa shape index (κ2) is 9.21. The summed E-state index contributed by atoms with van der Waals surface area (Å²) in [5.74, 6) is 1.62. The van der Waals surface area contributed by atoms with E-state index in [4.69, 9.17) is 5.11 Å². The van der Waals surface area contributed by atoms with Crippen molar-refractivity contribution in [3.63, 3.8) is 0 Å². The van der Waals surface area contributed by atoms with Crippen molar-refractivity contribution in [2.24, 2.45) is 11.8 Å². The number of hydrogen-bond acceptors (Lipinski definition) is 1. The molecule has 2 aliphatic carbocycles. The van der Waals surface area contributed by atoms with Crippen molar-refractivity contribution in [1.29, 1.82) is 0 Å². The highest BCUT2D eigenvalue weighted by molar-refractivity contribution is 4.71. The predicted octanol–water partition coefficient (Wildman–Crippen LogP) is 4.39. The molecule has 2 saturated carbocycles. The van der Waals surface area contributed by atoms with Crippen LogP contribution in [-0.2, 0) is 0 Å². The van der Waals surface area contributed by atoms with Gasteiger partial charge >= 0.3 is 0 Å². The van der Waals surface area contributed by atoms with E-state index < -0.39 is 0 Å². The molecule has 0 amide bonds. The number of rotatable bonds is 0. The fourth-order valence-corrected chi connectivity index (χ4v) is 2.26. The Bertz CT molecular complexity index is 119. The molecule has 0 aromatic rings. The molecule has 0 bridgehead atoms. The number of hydrogen-bond donors (Lipinski definition) is 1. The molecule has 92 valence electrons. The topological polar surface area (TPSA) is 20.2 Å². The minimum Gasteiger partial charge on any atom is -0.393 e. The van der Waals surface area contributed by atoms with E-state index in [1.807, 2.05) is 13.8 Å². The normalized spacial score (nSPS) is 30.2. The van der Waals surface area contributed by atoms with Crippen LogP contribution in [-0.4, -0.2) is 11.2 Å². The van der Waals surface area contributed by atoms with Gasteiger partial charge in [-0.1, -0.05) is 59.8 Å². The van der Waals surface area contributed by atoms with Gasteiger partial charge in [-0.3, -0.25) is 0 Å². The van der Waals surface area contributed by atoms with E-state index in [0.29, 0.717) is 5.92 Å². The zero-order valence-corrected chi connectivity index (χ0v) is 11.1. The van der Waals surface area contributed by atoms with Crippen LogP contribution in [0, 0.1) is 11.8 Å². The molecule has 0 aliphatic heterocycles. The quantitative estimate of drug-likeness (QED) is 0.634. The summed E-state index contributed by atoms with van der Waals surface area (Å²) < 4.78 is 0. The number of aliphatic hydroxyl groups excluding tert-OH is 1. The maximum Gasteiger partial charge on any atom is 0.0565 e. The highest BCUT2D eigenvalue weighted by atomic mass is 16.3. The third-order valence-electron chi connectivity index (χ3n) is 3.46. The summed E-state index contributed by atoms with van der Waals surface area (Å²) in [5, 5.41) is 9.00. The Morgan fingerprint density at radius 2 is 1.33 bits per heavy atom. The lowest BCUT2D eigenvalue weighted by molar-refractivity contribution is 0.141. The summed E-state index contributed by atoms with van der Waals surface area (Å²) in [6.45, 7) is 8.45. The van der Waals surface area contributed by atoms with E-state index in [1.165, 1.54) is 38.5 Å². The Labute approximate surface area is 96.3 Å². The Balaban J connectivity index is 0.000000227. The van der Waals surface area contributed by atoms with Gasteiger partial charge in [-0.05, 0) is 24.7 Å². The van der Waals surface area contributed by atoms with Crippen LogP contribution in [0.4, 0.5) is 0 Å². The highest BCUT2D eigenvalue weighted by Crippen LogP contribution is 2.24. The molecule has 0 heterocycles. The van der Waals surface area contributed by atoms with Crippen LogP contribution < -0.4 is 0 Å². The highest BCUT2D eigenvalue weighted by Gasteiger charge is 2.19. The van der Waals surface area contributed by atoms with E-state index in [1.54, 1.807) is 0 Å². The van der Waals surface area contributed by atoms with Gasteiger partial charge in [0.1, 0.15) is 0 Å². The molecule has 0 aromatic carbocycles. The van der Waals surface area contributed by atoms with Crippen LogP contribution in [0.15, 0.2) is 0 Å². The third-order valence-corrected chi connectivity index (χ3v) is 3.46. The monoisotopic (exact) mass is 214 g/mol. The van der Waals surface area contributed by atoms with E-state index >= 15 is 0 Å². The van der Waals surface area contributed by atoms with Crippen LogP contribution >= 0.6 is 0 Å². The van der Waals surface area contributed by atoms with E-state index in [2.05, 4.69) is 13.8 Å². The molecule has 1 unspecified atom stereocenters. The zero-order valence-electron chi connectivity index (χ0n) is 11.1. The lowest BCUT2D eigenvalue weighted by atomic mass is 10.1. The van der Waals surface area contributed by atoms with Crippen molar-refractivity contribution in [3.8, 4) is 0 Å². The van der Waals surface area contributed by atoms with Crippen LogP contribution in [0.25, 0.3) is 0 Å². The largest absolute Gasteiger partial charge is 0.393 e. The summed E-state index contributed by atoms with van der Waals surface area (Å²) in [6, 6.07) is 0. The van der Waals surface area contributed by atoms with Gasteiger partial charge in [0.05, 0.1) is 6.10 Å². The van der Waals surface area contributed by atoms with Gasteiger partial charge in [0, 0.05) is 0 Å². The van der Waals surface area contributed by atoms with Gasteiger partial charge in [-0.2, -0.15) is 0 Å². The molecule has 0 spiro atoms. The van der Waals surface area contributed by atoms with Crippen molar-refractivity contribution in [2.45, 2.75) is 78.7 Å². The molecule has 15 heavy (non-hydrogen) atoms. The lowest BCUT2D eigenvalue weighted by Gasteiger charge is -2.04. The second-order valence-electron chi connectivity index (χ2n) is 4.87. The Morgan fingerprint density at radius 1 is 0.800 bits per heavy atom. The molecular weight excluding hydrogens is 184 g/mol. The van der Waals surface area contributed by atoms with E-state index in [-0.39, 0.29) is 6.10 Å². The van der Waals surface area contributed by atoms with Crippen molar-refractivity contribution in [3.05, 3.63) is 0 Å². The maximum absolute atomic E-state index is 9.00. The van der Waals surface area contributed by atoms with Crippen LogP contribution in [0.2, 0.25) is 0 Å². The summed E-state index contributed by atoms with van der Waals surface area (Å²) in [5.41, 5.74) is 0. The Kier molecular flexibility index (Phi) is 9.18. The smallest absolute Gasteiger partial charge is 0.0565 e. The van der Waals surface area contributed by atoms with Gasteiger partial charge in [-0.25, -0.2) is 0 Å². The standard InChI is InChI=1S/C6H12O.C6H12.C2H6/c1-5-3-2-4-6(5)7;1-6-4-2-3-5-6;1-2/h5-7H,2-4H2,1H3;6H,2-5H2,1H3;1-2H3/t5-,6?;;/m0../s1. The molecule has 0 radical (unpaired) electrons. The Hall–Kier alpha value is -0.0400. The first-order valence-corrected chi connectivity index (χ1v) is 6.88. The molecule has 2 rings (SSSR count). The maximum atomic E-state index is 9.00. The molecule has 2 fully saturated rings.